The van der Waals surface area contributed by atoms with Crippen LogP contribution in [0.2, 0.25) is 0 Å². The number of hydrogen-bond donors (Lipinski definition) is 1. The van der Waals surface area contributed by atoms with Gasteiger partial charge in [0.2, 0.25) is 0 Å². The van der Waals surface area contributed by atoms with Gasteiger partial charge in [0.15, 0.2) is 0 Å². The van der Waals surface area contributed by atoms with Gasteiger partial charge < -0.3 is 10.2 Å². The fraction of sp³-hybridized carbons (Fsp3) is 0.360. The number of carbonyl (C=O) groups is 1. The van der Waals surface area contributed by atoms with Gasteiger partial charge in [0.25, 0.3) is 5.91 Å². The minimum Gasteiger partial charge on any atom is -0.368 e. The molecule has 1 saturated heterocycles. The van der Waals surface area contributed by atoms with Crippen molar-refractivity contribution in [1.82, 2.24) is 24.9 Å². The second kappa shape index (κ2) is 7.85. The lowest BCUT2D eigenvalue weighted by Crippen LogP contribution is -2.43. The number of amides is 1. The third-order valence-corrected chi connectivity index (χ3v) is 6.44. The van der Waals surface area contributed by atoms with Crippen molar-refractivity contribution in [2.45, 2.75) is 20.3 Å². The lowest BCUT2D eigenvalue weighted by atomic mass is 9.88. The molecule has 1 unspecified atom stereocenters. The van der Waals surface area contributed by atoms with Crippen LogP contribution in [0, 0.1) is 5.92 Å². The highest BCUT2D eigenvalue weighted by atomic mass is 16.2. The van der Waals surface area contributed by atoms with Gasteiger partial charge in [-0.1, -0.05) is 19.1 Å². The van der Waals surface area contributed by atoms with Gasteiger partial charge in [0, 0.05) is 62.8 Å². The maximum absolute atomic E-state index is 13.5. The van der Waals surface area contributed by atoms with E-state index in [4.69, 9.17) is 0 Å². The van der Waals surface area contributed by atoms with Gasteiger partial charge in [0.1, 0.15) is 0 Å². The number of hydrogen-bond acceptors (Lipinski definition) is 4. The maximum atomic E-state index is 13.5. The van der Waals surface area contributed by atoms with Gasteiger partial charge >= 0.3 is 0 Å². The zero-order valence-corrected chi connectivity index (χ0v) is 18.4. The molecule has 1 atom stereocenters. The molecule has 4 heterocycles. The Balaban J connectivity index is 1.51. The molecule has 6 heteroatoms. The number of aromatic nitrogens is 2. The number of nitrogens with zero attached hydrogens (tertiary/aromatic N) is 4. The topological polar surface area (TPSA) is 53.4 Å². The first-order valence-electron chi connectivity index (χ1n) is 11.0. The van der Waals surface area contributed by atoms with Gasteiger partial charge in [-0.3, -0.25) is 14.4 Å². The summed E-state index contributed by atoms with van der Waals surface area (Å²) < 4.78 is 1.83. The average Bonchev–Trinajstić information content (AvgIpc) is 3.14. The number of piperazine rings is 1. The van der Waals surface area contributed by atoms with Crippen molar-refractivity contribution in [2.75, 3.05) is 26.2 Å². The number of aryl methyl sites for hydroxylation is 1. The molecule has 0 spiro atoms. The van der Waals surface area contributed by atoms with Crippen LogP contribution in [-0.4, -0.2) is 51.7 Å². The van der Waals surface area contributed by atoms with E-state index < -0.39 is 0 Å². The van der Waals surface area contributed by atoms with Crippen molar-refractivity contribution in [3.8, 4) is 0 Å². The molecule has 31 heavy (non-hydrogen) atoms. The zero-order valence-electron chi connectivity index (χ0n) is 18.4. The van der Waals surface area contributed by atoms with Gasteiger partial charge in [-0.2, -0.15) is 5.10 Å². The molecule has 1 N–H and O–H groups in total. The first-order chi connectivity index (χ1) is 15.0. The predicted octanol–water partition coefficient (Wildman–Crippen LogP) is 3.42. The van der Waals surface area contributed by atoms with Crippen LogP contribution in [0.5, 0.6) is 0 Å². The summed E-state index contributed by atoms with van der Waals surface area (Å²) in [5, 5.41) is 8.96. The quantitative estimate of drug-likeness (QED) is 0.817. The van der Waals surface area contributed by atoms with E-state index in [1.807, 2.05) is 41.2 Å². The Kier molecular flexibility index (Phi) is 5.02. The summed E-state index contributed by atoms with van der Waals surface area (Å²) in [5.41, 5.74) is 6.41. The molecule has 3 aliphatic rings. The molecular weight excluding hydrogens is 386 g/mol. The molecule has 0 radical (unpaired) electrons. The van der Waals surface area contributed by atoms with Crippen LogP contribution >= 0.6 is 0 Å². The predicted molar refractivity (Wildman–Crippen MR) is 124 cm³/mol. The summed E-state index contributed by atoms with van der Waals surface area (Å²) in [5.74, 6) is 0.262. The van der Waals surface area contributed by atoms with Gasteiger partial charge in [-0.25, -0.2) is 0 Å². The molecule has 3 aliphatic heterocycles. The molecule has 0 saturated carbocycles. The lowest BCUT2D eigenvalue weighted by molar-refractivity contribution is -0.122. The van der Waals surface area contributed by atoms with Crippen LogP contribution in [0.1, 0.15) is 25.8 Å². The van der Waals surface area contributed by atoms with Crippen molar-refractivity contribution in [3.63, 3.8) is 0 Å². The van der Waals surface area contributed by atoms with Crippen LogP contribution in [0.15, 0.2) is 65.8 Å². The van der Waals surface area contributed by atoms with Crippen molar-refractivity contribution in [3.05, 3.63) is 71.4 Å². The molecule has 160 valence electrons. The smallest absolute Gasteiger partial charge is 0.255 e. The van der Waals surface area contributed by atoms with E-state index in [0.29, 0.717) is 0 Å². The molecule has 0 aliphatic carbocycles. The molecule has 0 bridgehead atoms. The molecule has 5 rings (SSSR count). The standard InChI is InChI=1S/C25H29N5O/c1-17-4-7-24-18(2)12-21(29-10-8-26-9-11-29)16-30(24)25(31)14-22(17)19-5-6-23-20(13-19)15-28(3)27-23/h5-7,12-17,26H,4,8-11H2,1-3H3. The van der Waals surface area contributed by atoms with Crippen LogP contribution in [-0.2, 0) is 11.8 Å². The Hall–Kier alpha value is -3.12. The third-order valence-electron chi connectivity index (χ3n) is 6.44. The second-order valence-electron chi connectivity index (χ2n) is 8.73. The number of nitrogens with one attached hydrogen (secondary N) is 1. The summed E-state index contributed by atoms with van der Waals surface area (Å²) in [6, 6.07) is 6.27. The van der Waals surface area contributed by atoms with E-state index in [1.54, 1.807) is 0 Å². The van der Waals surface area contributed by atoms with E-state index in [2.05, 4.69) is 53.4 Å². The van der Waals surface area contributed by atoms with E-state index in [0.717, 1.165) is 71.6 Å². The molecular formula is C25H29N5O. The van der Waals surface area contributed by atoms with Gasteiger partial charge in [0.05, 0.1) is 11.2 Å². The average molecular weight is 416 g/mol. The van der Waals surface area contributed by atoms with Gasteiger partial charge in [-0.15, -0.1) is 0 Å². The van der Waals surface area contributed by atoms with Crippen LogP contribution in [0.4, 0.5) is 0 Å². The van der Waals surface area contributed by atoms with Crippen molar-refractivity contribution in [1.29, 1.82) is 0 Å². The summed E-state index contributed by atoms with van der Waals surface area (Å²) in [6.07, 6.45) is 11.2. The normalized spacial score (nSPS) is 22.3. The highest BCUT2D eigenvalue weighted by Crippen LogP contribution is 2.34. The lowest BCUT2D eigenvalue weighted by Gasteiger charge is -2.35. The van der Waals surface area contributed by atoms with E-state index in [9.17, 15) is 4.79 Å². The van der Waals surface area contributed by atoms with Crippen LogP contribution < -0.4 is 5.32 Å². The minimum absolute atomic E-state index is 0.0131. The van der Waals surface area contributed by atoms with Gasteiger partial charge in [-0.05, 0) is 54.2 Å². The van der Waals surface area contributed by atoms with Crippen LogP contribution in [0.25, 0.3) is 16.5 Å². The van der Waals surface area contributed by atoms with Crippen molar-refractivity contribution < 1.29 is 4.79 Å². The summed E-state index contributed by atoms with van der Waals surface area (Å²) in [4.78, 5) is 17.6. The Morgan fingerprint density at radius 2 is 1.97 bits per heavy atom. The molecule has 1 aromatic heterocycles. The molecule has 6 nitrogen and oxygen atoms in total. The molecule has 2 aromatic rings. The van der Waals surface area contributed by atoms with Crippen LogP contribution in [0.3, 0.4) is 0 Å². The number of rotatable bonds is 2. The molecule has 1 amide bonds. The first kappa shape index (κ1) is 19.8. The Morgan fingerprint density at radius 3 is 2.77 bits per heavy atom. The number of fused-ring (bicyclic) bond motifs is 2. The largest absolute Gasteiger partial charge is 0.368 e. The zero-order chi connectivity index (χ0) is 21.5. The second-order valence-corrected chi connectivity index (χ2v) is 8.73. The molecule has 1 aromatic carbocycles. The fourth-order valence-electron chi connectivity index (χ4n) is 4.72. The highest BCUT2D eigenvalue weighted by Gasteiger charge is 2.26. The third kappa shape index (κ3) is 3.72. The summed E-state index contributed by atoms with van der Waals surface area (Å²) in [6.45, 7) is 8.16. The highest BCUT2D eigenvalue weighted by molar-refractivity contribution is 5.99. The summed E-state index contributed by atoms with van der Waals surface area (Å²) in [7, 11) is 1.93. The maximum Gasteiger partial charge on any atom is 0.255 e. The number of carbonyl (C=O) groups excluding carboxylic acids is 1. The Labute approximate surface area is 183 Å². The Morgan fingerprint density at radius 1 is 1.16 bits per heavy atom. The number of benzene rings is 1. The summed E-state index contributed by atoms with van der Waals surface area (Å²) >= 11 is 0. The number of allylic oxidation sites excluding steroid dienone is 4. The van der Waals surface area contributed by atoms with Crippen molar-refractivity contribution >= 4 is 22.4 Å². The monoisotopic (exact) mass is 415 g/mol. The first-order valence-corrected chi connectivity index (χ1v) is 11.0. The van der Waals surface area contributed by atoms with E-state index >= 15 is 0 Å². The van der Waals surface area contributed by atoms with E-state index in [1.165, 1.54) is 0 Å². The molecule has 1 fully saturated rings. The SMILES string of the molecule is CC1=CC(N2CCNCC2)=CN2C(=O)C=C(c3ccc4nn(C)cc4c3)C(C)CC=C12. The van der Waals surface area contributed by atoms with Crippen molar-refractivity contribution in [2.24, 2.45) is 13.0 Å². The van der Waals surface area contributed by atoms with E-state index in [-0.39, 0.29) is 11.8 Å². The Bertz CT molecular complexity index is 1160. The minimum atomic E-state index is 0.0131. The fourth-order valence-corrected chi connectivity index (χ4v) is 4.72.